The summed E-state index contributed by atoms with van der Waals surface area (Å²) in [6, 6.07) is 5.73. The van der Waals surface area contributed by atoms with E-state index in [0.29, 0.717) is 5.69 Å². The molecule has 0 atom stereocenters. The number of halogens is 3. The van der Waals surface area contributed by atoms with Gasteiger partial charge in [0.15, 0.2) is 0 Å². The van der Waals surface area contributed by atoms with Crippen molar-refractivity contribution in [2.75, 3.05) is 5.32 Å². The van der Waals surface area contributed by atoms with Crippen LogP contribution in [0.3, 0.4) is 0 Å². The Bertz CT molecular complexity index is 738. The van der Waals surface area contributed by atoms with Crippen LogP contribution < -0.4 is 5.32 Å². The van der Waals surface area contributed by atoms with E-state index < -0.39 is 18.1 Å². The van der Waals surface area contributed by atoms with Crippen LogP contribution in [0, 0.1) is 12.7 Å². The highest BCUT2D eigenvalue weighted by Gasteiger charge is 2.30. The van der Waals surface area contributed by atoms with Gasteiger partial charge in [-0.3, -0.25) is 9.48 Å². The molecule has 1 aliphatic carbocycles. The van der Waals surface area contributed by atoms with Gasteiger partial charge in [-0.2, -0.15) is 5.10 Å². The van der Waals surface area contributed by atoms with Crippen molar-refractivity contribution in [1.29, 1.82) is 0 Å². The lowest BCUT2D eigenvalue weighted by molar-refractivity contribution is -0.117. The van der Waals surface area contributed by atoms with Crippen molar-refractivity contribution < 1.29 is 18.0 Å². The lowest BCUT2D eigenvalue weighted by Crippen LogP contribution is -2.21. The molecule has 122 valence electrons. The summed E-state index contributed by atoms with van der Waals surface area (Å²) in [6.45, 7) is 1.56. The molecule has 2 aromatic rings. The van der Waals surface area contributed by atoms with Gasteiger partial charge in [0.1, 0.15) is 18.1 Å². The second-order valence-electron chi connectivity index (χ2n) is 5.76. The number of benzene rings is 1. The molecule has 1 saturated carbocycles. The number of carbonyl (C=O) groups excluding carboxylic acids is 1. The lowest BCUT2D eigenvalue weighted by Gasteiger charge is -2.09. The van der Waals surface area contributed by atoms with E-state index in [0.717, 1.165) is 18.4 Å². The van der Waals surface area contributed by atoms with Gasteiger partial charge in [0, 0.05) is 11.6 Å². The molecule has 1 aliphatic rings. The second-order valence-corrected chi connectivity index (χ2v) is 5.76. The van der Waals surface area contributed by atoms with Crippen LogP contribution in [-0.2, 0) is 11.3 Å². The number of anilines is 1. The fourth-order valence-corrected chi connectivity index (χ4v) is 2.45. The highest BCUT2D eigenvalue weighted by molar-refractivity contribution is 5.90. The fraction of sp³-hybridized carbons (Fsp3) is 0.375. The van der Waals surface area contributed by atoms with Crippen molar-refractivity contribution in [2.45, 2.75) is 38.7 Å². The molecular weight excluding hydrogens is 307 g/mol. The van der Waals surface area contributed by atoms with Gasteiger partial charge in [-0.05, 0) is 43.5 Å². The molecule has 0 saturated heterocycles. The number of alkyl halides is 2. The first kappa shape index (κ1) is 15.6. The molecule has 0 radical (unpaired) electrons. The van der Waals surface area contributed by atoms with E-state index in [1.807, 2.05) is 0 Å². The molecule has 0 unspecified atom stereocenters. The van der Waals surface area contributed by atoms with Gasteiger partial charge >= 0.3 is 0 Å². The summed E-state index contributed by atoms with van der Waals surface area (Å²) in [5.74, 6) is -0.862. The van der Waals surface area contributed by atoms with Gasteiger partial charge in [0.05, 0.1) is 5.69 Å². The molecule has 4 nitrogen and oxygen atoms in total. The average molecular weight is 323 g/mol. The molecule has 1 aromatic heterocycles. The van der Waals surface area contributed by atoms with Gasteiger partial charge in [-0.1, -0.05) is 6.07 Å². The lowest BCUT2D eigenvalue weighted by atomic mass is 10.2. The van der Waals surface area contributed by atoms with E-state index in [1.165, 1.54) is 22.9 Å². The predicted molar refractivity (Wildman–Crippen MR) is 78.9 cm³/mol. The number of nitrogens with zero attached hydrogens (tertiary/aromatic N) is 2. The maximum Gasteiger partial charge on any atom is 0.282 e. The highest BCUT2D eigenvalue weighted by Crippen LogP contribution is 2.41. The van der Waals surface area contributed by atoms with Crippen molar-refractivity contribution in [3.05, 3.63) is 47.0 Å². The maximum absolute atomic E-state index is 13.7. The van der Waals surface area contributed by atoms with Crippen molar-refractivity contribution in [2.24, 2.45) is 0 Å². The minimum absolute atomic E-state index is 0.0733. The molecule has 0 aliphatic heterocycles. The zero-order valence-electron chi connectivity index (χ0n) is 12.5. The molecule has 0 bridgehead atoms. The monoisotopic (exact) mass is 323 g/mol. The largest absolute Gasteiger partial charge is 0.322 e. The van der Waals surface area contributed by atoms with Crippen LogP contribution in [0.4, 0.5) is 18.9 Å². The standard InChI is InChI=1S/C16H16F3N3O/c1-9-2-5-11(17)12(6-9)20-15(23)8-22-14(10-3-4-10)7-13(21-22)16(18)19/h2,5-7,10,16H,3-4,8H2,1H3,(H,20,23). The highest BCUT2D eigenvalue weighted by atomic mass is 19.3. The molecular formula is C16H16F3N3O. The molecule has 1 aromatic carbocycles. The minimum Gasteiger partial charge on any atom is -0.322 e. The molecule has 7 heteroatoms. The van der Waals surface area contributed by atoms with Crippen LogP contribution in [0.15, 0.2) is 24.3 Å². The van der Waals surface area contributed by atoms with Crippen molar-refractivity contribution in [1.82, 2.24) is 9.78 Å². The number of hydrogen-bond donors (Lipinski definition) is 1. The number of carbonyl (C=O) groups is 1. The topological polar surface area (TPSA) is 46.9 Å². The van der Waals surface area contributed by atoms with Crippen LogP contribution in [0.5, 0.6) is 0 Å². The Morgan fingerprint density at radius 1 is 1.39 bits per heavy atom. The summed E-state index contributed by atoms with van der Waals surface area (Å²) < 4.78 is 40.6. The smallest absolute Gasteiger partial charge is 0.282 e. The Balaban J connectivity index is 1.76. The summed E-state index contributed by atoms with van der Waals surface area (Å²) >= 11 is 0. The Kier molecular flexibility index (Phi) is 4.11. The Hall–Kier alpha value is -2.31. The second kappa shape index (κ2) is 6.06. The van der Waals surface area contributed by atoms with Gasteiger partial charge in [-0.15, -0.1) is 0 Å². The zero-order valence-corrected chi connectivity index (χ0v) is 12.5. The van der Waals surface area contributed by atoms with Crippen molar-refractivity contribution in [3.63, 3.8) is 0 Å². The first-order valence-corrected chi connectivity index (χ1v) is 7.36. The number of rotatable bonds is 5. The van der Waals surface area contributed by atoms with E-state index in [1.54, 1.807) is 13.0 Å². The van der Waals surface area contributed by atoms with E-state index in [9.17, 15) is 18.0 Å². The zero-order chi connectivity index (χ0) is 16.6. The molecule has 1 N–H and O–H groups in total. The minimum atomic E-state index is -2.67. The average Bonchev–Trinajstić information content (AvgIpc) is 3.24. The summed E-state index contributed by atoms with van der Waals surface area (Å²) in [6.07, 6.45) is -0.864. The molecule has 0 spiro atoms. The van der Waals surface area contributed by atoms with Crippen LogP contribution in [0.25, 0.3) is 0 Å². The summed E-state index contributed by atoms with van der Waals surface area (Å²) in [5, 5.41) is 6.27. The van der Waals surface area contributed by atoms with Gasteiger partial charge in [-0.25, -0.2) is 13.2 Å². The van der Waals surface area contributed by atoms with Gasteiger partial charge < -0.3 is 5.32 Å². The normalized spacial score (nSPS) is 14.3. The molecule has 1 heterocycles. The number of aryl methyl sites for hydroxylation is 1. The summed E-state index contributed by atoms with van der Waals surface area (Å²) in [5.41, 5.74) is 1.19. The Labute approximate surface area is 131 Å². The van der Waals surface area contributed by atoms with Crippen LogP contribution >= 0.6 is 0 Å². The van der Waals surface area contributed by atoms with E-state index in [4.69, 9.17) is 0 Å². The van der Waals surface area contributed by atoms with Crippen LogP contribution in [0.2, 0.25) is 0 Å². The van der Waals surface area contributed by atoms with Crippen molar-refractivity contribution in [3.8, 4) is 0 Å². The van der Waals surface area contributed by atoms with E-state index in [2.05, 4.69) is 10.4 Å². The SMILES string of the molecule is Cc1ccc(F)c(NC(=O)Cn2nc(C(F)F)cc2C2CC2)c1. The number of nitrogens with one attached hydrogen (secondary N) is 1. The van der Waals surface area contributed by atoms with Crippen LogP contribution in [0.1, 0.15) is 42.1 Å². The third-order valence-corrected chi connectivity index (χ3v) is 3.74. The van der Waals surface area contributed by atoms with Gasteiger partial charge in [0.2, 0.25) is 5.91 Å². The quantitative estimate of drug-likeness (QED) is 0.910. The van der Waals surface area contributed by atoms with E-state index >= 15 is 0 Å². The maximum atomic E-state index is 13.7. The third kappa shape index (κ3) is 3.55. The van der Waals surface area contributed by atoms with Gasteiger partial charge in [0.25, 0.3) is 6.43 Å². The first-order chi connectivity index (χ1) is 10.9. The summed E-state index contributed by atoms with van der Waals surface area (Å²) in [4.78, 5) is 12.1. The predicted octanol–water partition coefficient (Wildman–Crippen LogP) is 3.78. The fourth-order valence-electron chi connectivity index (χ4n) is 2.45. The number of hydrogen-bond acceptors (Lipinski definition) is 2. The molecule has 1 amide bonds. The van der Waals surface area contributed by atoms with Crippen molar-refractivity contribution >= 4 is 11.6 Å². The third-order valence-electron chi connectivity index (χ3n) is 3.74. The Morgan fingerprint density at radius 2 is 2.13 bits per heavy atom. The van der Waals surface area contributed by atoms with E-state index in [-0.39, 0.29) is 23.8 Å². The first-order valence-electron chi connectivity index (χ1n) is 7.36. The number of amides is 1. The molecule has 1 fully saturated rings. The Morgan fingerprint density at radius 3 is 2.78 bits per heavy atom. The summed E-state index contributed by atoms with van der Waals surface area (Å²) in [7, 11) is 0. The molecule has 23 heavy (non-hydrogen) atoms. The number of aromatic nitrogens is 2. The molecule has 3 rings (SSSR count). The van der Waals surface area contributed by atoms with Crippen LogP contribution in [-0.4, -0.2) is 15.7 Å².